The first kappa shape index (κ1) is 10.4. The summed E-state index contributed by atoms with van der Waals surface area (Å²) in [5, 5.41) is 4.11. The molecule has 0 bridgehead atoms. The monoisotopic (exact) mass is 230 g/mol. The van der Waals surface area contributed by atoms with Crippen LogP contribution in [0.4, 0.5) is 0 Å². The molecule has 1 aromatic heterocycles. The highest BCUT2D eigenvalue weighted by molar-refractivity contribution is 7.98. The molecular formula is C13H10S2. The molecule has 0 aliphatic heterocycles. The minimum atomic E-state index is 1.09. The lowest BCUT2D eigenvalue weighted by Crippen LogP contribution is -1.78. The molecule has 0 aliphatic carbocycles. The largest absolute Gasteiger partial charge is 0.151 e. The second kappa shape index (κ2) is 5.06. The third-order valence-electron chi connectivity index (χ3n) is 1.97. The number of hydrogen-bond donors (Lipinski definition) is 0. The van der Waals surface area contributed by atoms with Crippen LogP contribution in [0.3, 0.4) is 0 Å². The maximum atomic E-state index is 3.20. The maximum absolute atomic E-state index is 3.20. The number of hydrogen-bond acceptors (Lipinski definition) is 2. The second-order valence-corrected chi connectivity index (χ2v) is 4.59. The van der Waals surface area contributed by atoms with Gasteiger partial charge in [0.2, 0.25) is 0 Å². The lowest BCUT2D eigenvalue weighted by molar-refractivity contribution is 1.42. The first-order chi connectivity index (χ1) is 7.40. The van der Waals surface area contributed by atoms with Gasteiger partial charge in [0.1, 0.15) is 0 Å². The molecule has 0 N–H and O–H groups in total. The van der Waals surface area contributed by atoms with Crippen molar-refractivity contribution < 1.29 is 0 Å². The third kappa shape index (κ3) is 2.65. The molecule has 0 saturated heterocycles. The van der Waals surface area contributed by atoms with Crippen LogP contribution in [0.2, 0.25) is 0 Å². The molecule has 0 saturated carbocycles. The van der Waals surface area contributed by atoms with Crippen LogP contribution in [0, 0.1) is 11.8 Å². The molecule has 0 spiro atoms. The Morgan fingerprint density at radius 1 is 1.13 bits per heavy atom. The van der Waals surface area contributed by atoms with Crippen molar-refractivity contribution in [1.29, 1.82) is 0 Å². The Morgan fingerprint density at radius 3 is 2.73 bits per heavy atom. The second-order valence-electron chi connectivity index (χ2n) is 2.96. The highest BCUT2D eigenvalue weighted by Gasteiger charge is 1.95. The zero-order chi connectivity index (χ0) is 10.5. The van der Waals surface area contributed by atoms with Crippen molar-refractivity contribution in [3.63, 3.8) is 0 Å². The molecule has 0 amide bonds. The zero-order valence-corrected chi connectivity index (χ0v) is 9.99. The van der Waals surface area contributed by atoms with Gasteiger partial charge in [0.15, 0.2) is 0 Å². The Morgan fingerprint density at radius 2 is 2.00 bits per heavy atom. The Kier molecular flexibility index (Phi) is 3.49. The van der Waals surface area contributed by atoms with E-state index in [1.807, 2.05) is 23.6 Å². The van der Waals surface area contributed by atoms with Gasteiger partial charge in [-0.2, -0.15) is 11.3 Å². The van der Waals surface area contributed by atoms with E-state index in [1.165, 1.54) is 4.90 Å². The van der Waals surface area contributed by atoms with Crippen molar-refractivity contribution in [1.82, 2.24) is 0 Å². The number of benzene rings is 1. The molecular weight excluding hydrogens is 220 g/mol. The van der Waals surface area contributed by atoms with Gasteiger partial charge in [-0.15, -0.1) is 11.8 Å². The van der Waals surface area contributed by atoms with Crippen molar-refractivity contribution in [2.75, 3.05) is 6.26 Å². The molecule has 0 unspecified atom stereocenters. The Balaban J connectivity index is 2.31. The third-order valence-corrected chi connectivity index (χ3v) is 3.45. The van der Waals surface area contributed by atoms with Crippen LogP contribution in [0.15, 0.2) is 46.0 Å². The fourth-order valence-electron chi connectivity index (χ4n) is 1.22. The van der Waals surface area contributed by atoms with E-state index in [2.05, 4.69) is 35.6 Å². The standard InChI is InChI=1S/C13H10S2/c1-14-13-5-3-2-4-12(13)7-6-11-8-9-15-10-11/h2-5,8-10H,1H3. The summed E-state index contributed by atoms with van der Waals surface area (Å²) in [6, 6.07) is 10.3. The summed E-state index contributed by atoms with van der Waals surface area (Å²) in [4.78, 5) is 1.24. The Bertz CT molecular complexity index is 487. The fourth-order valence-corrected chi connectivity index (χ4v) is 2.36. The average Bonchev–Trinajstić information content (AvgIpc) is 2.79. The van der Waals surface area contributed by atoms with Gasteiger partial charge >= 0.3 is 0 Å². The van der Waals surface area contributed by atoms with Gasteiger partial charge < -0.3 is 0 Å². The summed E-state index contributed by atoms with van der Waals surface area (Å²) < 4.78 is 0. The summed E-state index contributed by atoms with van der Waals surface area (Å²) in [6.45, 7) is 0. The first-order valence-corrected chi connectivity index (χ1v) is 6.74. The number of thiophene rings is 1. The van der Waals surface area contributed by atoms with Crippen molar-refractivity contribution in [3.05, 3.63) is 52.2 Å². The summed E-state index contributed by atoms with van der Waals surface area (Å²) >= 11 is 3.41. The number of rotatable bonds is 1. The molecule has 0 aliphatic rings. The normalized spacial score (nSPS) is 9.40. The molecule has 0 radical (unpaired) electrons. The molecule has 74 valence electrons. The van der Waals surface area contributed by atoms with Crippen LogP contribution in [-0.2, 0) is 0 Å². The smallest absolute Gasteiger partial charge is 0.0384 e. The van der Waals surface area contributed by atoms with E-state index in [4.69, 9.17) is 0 Å². The van der Waals surface area contributed by atoms with Crippen LogP contribution < -0.4 is 0 Å². The summed E-state index contributed by atoms with van der Waals surface area (Å²) in [5.41, 5.74) is 2.20. The molecule has 1 aromatic carbocycles. The molecule has 1 heterocycles. The van der Waals surface area contributed by atoms with Crippen LogP contribution >= 0.6 is 23.1 Å². The molecule has 2 rings (SSSR count). The molecule has 2 aromatic rings. The van der Waals surface area contributed by atoms with Gasteiger partial charge in [-0.25, -0.2) is 0 Å². The van der Waals surface area contributed by atoms with Crippen LogP contribution in [-0.4, -0.2) is 6.26 Å². The average molecular weight is 230 g/mol. The lowest BCUT2D eigenvalue weighted by atomic mass is 10.2. The van der Waals surface area contributed by atoms with Gasteiger partial charge in [-0.3, -0.25) is 0 Å². The minimum absolute atomic E-state index is 1.09. The van der Waals surface area contributed by atoms with Gasteiger partial charge in [0, 0.05) is 21.4 Å². The highest BCUT2D eigenvalue weighted by Crippen LogP contribution is 2.18. The van der Waals surface area contributed by atoms with Crippen LogP contribution in [0.25, 0.3) is 0 Å². The van der Waals surface area contributed by atoms with E-state index in [9.17, 15) is 0 Å². The van der Waals surface area contributed by atoms with E-state index in [0.29, 0.717) is 0 Å². The summed E-state index contributed by atoms with van der Waals surface area (Å²) in [5.74, 6) is 6.37. The predicted molar refractivity (Wildman–Crippen MR) is 68.5 cm³/mol. The lowest BCUT2D eigenvalue weighted by Gasteiger charge is -1.97. The number of thioether (sulfide) groups is 1. The SMILES string of the molecule is CSc1ccccc1C#Cc1ccsc1. The van der Waals surface area contributed by atoms with E-state index in [-0.39, 0.29) is 0 Å². The van der Waals surface area contributed by atoms with Crippen molar-refractivity contribution in [2.24, 2.45) is 0 Å². The zero-order valence-electron chi connectivity index (χ0n) is 8.36. The van der Waals surface area contributed by atoms with Crippen LogP contribution in [0.5, 0.6) is 0 Å². The highest BCUT2D eigenvalue weighted by atomic mass is 32.2. The van der Waals surface area contributed by atoms with Crippen molar-refractivity contribution >= 4 is 23.1 Å². The first-order valence-electron chi connectivity index (χ1n) is 4.57. The van der Waals surface area contributed by atoms with Gasteiger partial charge in [-0.1, -0.05) is 24.0 Å². The topological polar surface area (TPSA) is 0 Å². The fraction of sp³-hybridized carbons (Fsp3) is 0.0769. The molecule has 0 atom stereocenters. The molecule has 15 heavy (non-hydrogen) atoms. The molecule has 0 nitrogen and oxygen atoms in total. The van der Waals surface area contributed by atoms with E-state index in [1.54, 1.807) is 23.1 Å². The van der Waals surface area contributed by atoms with Crippen molar-refractivity contribution in [3.8, 4) is 11.8 Å². The van der Waals surface area contributed by atoms with Gasteiger partial charge in [0.05, 0.1) is 0 Å². The van der Waals surface area contributed by atoms with Crippen molar-refractivity contribution in [2.45, 2.75) is 4.90 Å². The Labute approximate surface area is 98.3 Å². The van der Waals surface area contributed by atoms with Gasteiger partial charge in [0.25, 0.3) is 0 Å². The predicted octanol–water partition coefficient (Wildman–Crippen LogP) is 3.87. The van der Waals surface area contributed by atoms with E-state index < -0.39 is 0 Å². The quantitative estimate of drug-likeness (QED) is 0.529. The molecule has 0 fully saturated rings. The van der Waals surface area contributed by atoms with E-state index >= 15 is 0 Å². The minimum Gasteiger partial charge on any atom is -0.151 e. The van der Waals surface area contributed by atoms with E-state index in [0.717, 1.165) is 11.1 Å². The summed E-state index contributed by atoms with van der Waals surface area (Å²) in [6.07, 6.45) is 2.07. The van der Waals surface area contributed by atoms with Gasteiger partial charge in [-0.05, 0) is 29.8 Å². The molecule has 2 heteroatoms. The van der Waals surface area contributed by atoms with Crippen LogP contribution in [0.1, 0.15) is 11.1 Å². The maximum Gasteiger partial charge on any atom is 0.0384 e. The summed E-state index contributed by atoms with van der Waals surface area (Å²) in [7, 11) is 0. The Hall–Kier alpha value is -1.17.